The van der Waals surface area contributed by atoms with E-state index in [0.29, 0.717) is 0 Å². The van der Waals surface area contributed by atoms with E-state index in [-0.39, 0.29) is 24.0 Å². The minimum Gasteiger partial charge on any atom is -0.355 e. The maximum atomic E-state index is 4.35. The number of aliphatic imine (C=N–C) groups is 1. The summed E-state index contributed by atoms with van der Waals surface area (Å²) in [6, 6.07) is 10.8. The predicted octanol–water partition coefficient (Wildman–Crippen LogP) is 2.48. The van der Waals surface area contributed by atoms with Crippen LogP contribution < -0.4 is 10.6 Å². The first-order valence-corrected chi connectivity index (χ1v) is 10.9. The van der Waals surface area contributed by atoms with Gasteiger partial charge in [0.15, 0.2) is 5.96 Å². The van der Waals surface area contributed by atoms with Crippen LogP contribution in [0.1, 0.15) is 18.4 Å². The van der Waals surface area contributed by atoms with Crippen LogP contribution in [0.15, 0.2) is 35.3 Å². The first-order valence-electron chi connectivity index (χ1n) is 9.88. The van der Waals surface area contributed by atoms with Gasteiger partial charge in [-0.25, -0.2) is 0 Å². The summed E-state index contributed by atoms with van der Waals surface area (Å²) < 4.78 is 0. The zero-order chi connectivity index (χ0) is 18.0. The average molecular weight is 503 g/mol. The summed E-state index contributed by atoms with van der Waals surface area (Å²) in [5.74, 6) is 2.26. The van der Waals surface area contributed by atoms with Gasteiger partial charge in [-0.3, -0.25) is 14.8 Å². The highest BCUT2D eigenvalue weighted by molar-refractivity contribution is 14.0. The Balaban J connectivity index is 0.00000261. The second-order valence-corrected chi connectivity index (χ2v) is 8.53. The van der Waals surface area contributed by atoms with Gasteiger partial charge >= 0.3 is 0 Å². The summed E-state index contributed by atoms with van der Waals surface area (Å²) in [6.45, 7) is 8.75. The molecule has 0 spiro atoms. The molecule has 0 bridgehead atoms. The van der Waals surface area contributed by atoms with E-state index in [0.717, 1.165) is 63.6 Å². The Labute approximate surface area is 185 Å². The molecule has 2 saturated heterocycles. The Kier molecular flexibility index (Phi) is 10.8. The minimum atomic E-state index is 0. The molecule has 2 aliphatic heterocycles. The number of guanidine groups is 1. The first-order chi connectivity index (χ1) is 12.8. The van der Waals surface area contributed by atoms with Crippen molar-refractivity contribution >= 4 is 41.7 Å². The molecule has 1 unspecified atom stereocenters. The van der Waals surface area contributed by atoms with Crippen LogP contribution in [0.2, 0.25) is 0 Å². The molecule has 0 radical (unpaired) electrons. The number of benzene rings is 1. The van der Waals surface area contributed by atoms with Gasteiger partial charge in [-0.05, 0) is 24.2 Å². The number of hydrogen-bond donors (Lipinski definition) is 2. The second kappa shape index (κ2) is 12.9. The van der Waals surface area contributed by atoms with Gasteiger partial charge in [0.1, 0.15) is 0 Å². The van der Waals surface area contributed by atoms with Gasteiger partial charge in [0, 0.05) is 64.7 Å². The second-order valence-electron chi connectivity index (χ2n) is 7.12. The minimum absolute atomic E-state index is 0. The van der Waals surface area contributed by atoms with Crippen molar-refractivity contribution in [2.45, 2.75) is 24.6 Å². The van der Waals surface area contributed by atoms with Crippen LogP contribution in [0.25, 0.3) is 0 Å². The molecule has 2 aliphatic rings. The Morgan fingerprint density at radius 2 is 1.85 bits per heavy atom. The molecule has 0 aromatic heterocycles. The molecule has 5 nitrogen and oxygen atoms in total. The van der Waals surface area contributed by atoms with E-state index >= 15 is 0 Å². The van der Waals surface area contributed by atoms with Gasteiger partial charge in [0.2, 0.25) is 0 Å². The standard InChI is InChI=1S/C20H33N5S.HI/c1-21-20(23-16-19-8-5-15-26-19)22-9-10-24-11-13-25(14-12-24)17-18-6-3-2-4-7-18;/h2-4,6-7,19H,5,8-17H2,1H3,(H2,21,22,23);1H. The summed E-state index contributed by atoms with van der Waals surface area (Å²) in [6.07, 6.45) is 2.70. The molecule has 0 aliphatic carbocycles. The quantitative estimate of drug-likeness (QED) is 0.340. The SMILES string of the molecule is CN=C(NCCN1CCN(Cc2ccccc2)CC1)NCC1CCCS1.I. The number of thioether (sulfide) groups is 1. The van der Waals surface area contributed by atoms with Crippen molar-refractivity contribution in [2.24, 2.45) is 4.99 Å². The summed E-state index contributed by atoms with van der Waals surface area (Å²) in [4.78, 5) is 9.45. The van der Waals surface area contributed by atoms with E-state index in [4.69, 9.17) is 0 Å². The Hall–Kier alpha value is -0.510. The fourth-order valence-electron chi connectivity index (χ4n) is 3.58. The lowest BCUT2D eigenvalue weighted by Crippen LogP contribution is -2.49. The smallest absolute Gasteiger partial charge is 0.191 e. The number of nitrogens with zero attached hydrogens (tertiary/aromatic N) is 3. The number of piperazine rings is 1. The molecule has 7 heteroatoms. The van der Waals surface area contributed by atoms with E-state index in [1.54, 1.807) is 0 Å². The molecule has 2 heterocycles. The Morgan fingerprint density at radius 1 is 1.11 bits per heavy atom. The van der Waals surface area contributed by atoms with Crippen molar-refractivity contribution < 1.29 is 0 Å². The third-order valence-corrected chi connectivity index (χ3v) is 6.58. The molecular weight excluding hydrogens is 469 g/mol. The lowest BCUT2D eigenvalue weighted by Gasteiger charge is -2.34. The van der Waals surface area contributed by atoms with Crippen molar-refractivity contribution in [3.8, 4) is 0 Å². The van der Waals surface area contributed by atoms with Crippen LogP contribution in [-0.2, 0) is 6.54 Å². The fourth-order valence-corrected chi connectivity index (χ4v) is 4.78. The third kappa shape index (κ3) is 8.17. The van der Waals surface area contributed by atoms with Gasteiger partial charge in [0.25, 0.3) is 0 Å². The summed E-state index contributed by atoms with van der Waals surface area (Å²) in [5.41, 5.74) is 1.41. The molecule has 27 heavy (non-hydrogen) atoms. The predicted molar refractivity (Wildman–Crippen MR) is 128 cm³/mol. The van der Waals surface area contributed by atoms with E-state index in [2.05, 4.69) is 67.5 Å². The van der Waals surface area contributed by atoms with Crippen molar-refractivity contribution in [1.29, 1.82) is 0 Å². The van der Waals surface area contributed by atoms with Crippen LogP contribution in [-0.4, -0.2) is 79.6 Å². The molecule has 0 saturated carbocycles. The number of hydrogen-bond acceptors (Lipinski definition) is 4. The molecule has 1 aromatic rings. The van der Waals surface area contributed by atoms with Crippen LogP contribution in [0, 0.1) is 0 Å². The van der Waals surface area contributed by atoms with Crippen LogP contribution in [0.4, 0.5) is 0 Å². The van der Waals surface area contributed by atoms with Crippen molar-refractivity contribution in [1.82, 2.24) is 20.4 Å². The van der Waals surface area contributed by atoms with Gasteiger partial charge in [-0.2, -0.15) is 11.8 Å². The number of halogens is 1. The molecular formula is C20H34IN5S. The maximum Gasteiger partial charge on any atom is 0.191 e. The van der Waals surface area contributed by atoms with Crippen molar-refractivity contribution in [3.05, 3.63) is 35.9 Å². The summed E-state index contributed by atoms with van der Waals surface area (Å²) in [7, 11) is 1.86. The molecule has 0 amide bonds. The first kappa shape index (κ1) is 22.8. The van der Waals surface area contributed by atoms with Crippen LogP contribution in [0.3, 0.4) is 0 Å². The van der Waals surface area contributed by atoms with Gasteiger partial charge in [-0.15, -0.1) is 24.0 Å². The fraction of sp³-hybridized carbons (Fsp3) is 0.650. The highest BCUT2D eigenvalue weighted by Crippen LogP contribution is 2.25. The Morgan fingerprint density at radius 3 is 2.52 bits per heavy atom. The van der Waals surface area contributed by atoms with Gasteiger partial charge in [-0.1, -0.05) is 30.3 Å². The summed E-state index contributed by atoms with van der Waals surface area (Å²) >= 11 is 2.08. The van der Waals surface area contributed by atoms with E-state index in [1.165, 1.54) is 24.2 Å². The zero-order valence-corrected chi connectivity index (χ0v) is 19.5. The van der Waals surface area contributed by atoms with E-state index in [9.17, 15) is 0 Å². The molecule has 1 atom stereocenters. The van der Waals surface area contributed by atoms with Crippen molar-refractivity contribution in [2.75, 3.05) is 58.6 Å². The lowest BCUT2D eigenvalue weighted by molar-refractivity contribution is 0.129. The maximum absolute atomic E-state index is 4.35. The van der Waals surface area contributed by atoms with Gasteiger partial charge < -0.3 is 10.6 Å². The highest BCUT2D eigenvalue weighted by atomic mass is 127. The normalized spacial score (nSPS) is 21.7. The average Bonchev–Trinajstić information content (AvgIpc) is 3.20. The molecule has 3 rings (SSSR count). The third-order valence-electron chi connectivity index (χ3n) is 5.18. The number of nitrogens with one attached hydrogen (secondary N) is 2. The topological polar surface area (TPSA) is 42.9 Å². The van der Waals surface area contributed by atoms with Gasteiger partial charge in [0.05, 0.1) is 0 Å². The molecule has 152 valence electrons. The van der Waals surface area contributed by atoms with E-state index in [1.807, 2.05) is 7.05 Å². The lowest BCUT2D eigenvalue weighted by atomic mass is 10.2. The molecule has 2 N–H and O–H groups in total. The highest BCUT2D eigenvalue weighted by Gasteiger charge is 2.17. The van der Waals surface area contributed by atoms with Crippen LogP contribution in [0.5, 0.6) is 0 Å². The largest absolute Gasteiger partial charge is 0.355 e. The molecule has 1 aromatic carbocycles. The van der Waals surface area contributed by atoms with Crippen LogP contribution >= 0.6 is 35.7 Å². The Bertz CT molecular complexity index is 543. The van der Waals surface area contributed by atoms with Crippen molar-refractivity contribution in [3.63, 3.8) is 0 Å². The molecule has 2 fully saturated rings. The number of rotatable bonds is 7. The van der Waals surface area contributed by atoms with E-state index < -0.39 is 0 Å². The monoisotopic (exact) mass is 503 g/mol. The zero-order valence-electron chi connectivity index (χ0n) is 16.4. The summed E-state index contributed by atoms with van der Waals surface area (Å²) in [5, 5.41) is 7.70.